The van der Waals surface area contributed by atoms with E-state index in [1.54, 1.807) is 0 Å². The zero-order chi connectivity index (χ0) is 13.2. The van der Waals surface area contributed by atoms with Gasteiger partial charge in [0.15, 0.2) is 5.78 Å². The molecule has 0 fully saturated rings. The molecule has 1 aliphatic rings. The van der Waals surface area contributed by atoms with Crippen LogP contribution in [0.5, 0.6) is 0 Å². The third-order valence-corrected chi connectivity index (χ3v) is 3.54. The minimum Gasteiger partial charge on any atom is -0.294 e. The molecule has 1 aliphatic carbocycles. The fraction of sp³-hybridized carbons (Fsp3) is 0.0556. The lowest BCUT2D eigenvalue weighted by atomic mass is 9.84. The van der Waals surface area contributed by atoms with Crippen LogP contribution in [0, 0.1) is 0 Å². The summed E-state index contributed by atoms with van der Waals surface area (Å²) in [7, 11) is 0. The van der Waals surface area contributed by atoms with Gasteiger partial charge in [-0.1, -0.05) is 67.3 Å². The van der Waals surface area contributed by atoms with Crippen LogP contribution < -0.4 is 0 Å². The second-order valence-electron chi connectivity index (χ2n) is 4.63. The van der Waals surface area contributed by atoms with Gasteiger partial charge in [0.2, 0.25) is 0 Å². The molecule has 0 spiro atoms. The van der Waals surface area contributed by atoms with Gasteiger partial charge in [-0.3, -0.25) is 4.79 Å². The van der Waals surface area contributed by atoms with Gasteiger partial charge in [0, 0.05) is 0 Å². The Balaban J connectivity index is 2.30. The molecule has 0 radical (unpaired) electrons. The number of hydrogen-bond acceptors (Lipinski definition) is 1. The molecule has 2 aromatic rings. The van der Waals surface area contributed by atoms with Gasteiger partial charge in [-0.05, 0) is 28.3 Å². The highest BCUT2D eigenvalue weighted by Crippen LogP contribution is 2.35. The van der Waals surface area contributed by atoms with Crippen LogP contribution >= 0.6 is 0 Å². The first-order valence-corrected chi connectivity index (χ1v) is 6.33. The molecule has 92 valence electrons. The van der Waals surface area contributed by atoms with Crippen molar-refractivity contribution in [3.05, 3.63) is 83.4 Å². The summed E-state index contributed by atoms with van der Waals surface area (Å²) in [6.45, 7) is 3.64. The van der Waals surface area contributed by atoms with Crippen molar-refractivity contribution in [2.45, 2.75) is 5.92 Å². The molecule has 0 amide bonds. The SMILES string of the molecule is C=CC(=O)C1c2ccccc2C=Cc2ccccc21. The molecule has 19 heavy (non-hydrogen) atoms. The summed E-state index contributed by atoms with van der Waals surface area (Å²) in [6, 6.07) is 16.1. The van der Waals surface area contributed by atoms with E-state index in [1.807, 2.05) is 48.5 Å². The van der Waals surface area contributed by atoms with E-state index >= 15 is 0 Å². The van der Waals surface area contributed by atoms with Crippen LogP contribution in [-0.2, 0) is 4.79 Å². The zero-order valence-electron chi connectivity index (χ0n) is 10.5. The van der Waals surface area contributed by atoms with E-state index < -0.39 is 0 Å². The van der Waals surface area contributed by atoms with Gasteiger partial charge in [0.05, 0.1) is 5.92 Å². The van der Waals surface area contributed by atoms with Crippen molar-refractivity contribution in [3.63, 3.8) is 0 Å². The van der Waals surface area contributed by atoms with Gasteiger partial charge < -0.3 is 0 Å². The Labute approximate surface area is 112 Å². The molecule has 0 N–H and O–H groups in total. The molecule has 0 aliphatic heterocycles. The molecule has 0 aromatic heterocycles. The molecule has 0 bridgehead atoms. The average Bonchev–Trinajstić information content (AvgIpc) is 2.63. The molecule has 2 aromatic carbocycles. The number of carbonyl (C=O) groups is 1. The molecule has 1 nitrogen and oxygen atoms in total. The van der Waals surface area contributed by atoms with Crippen molar-refractivity contribution in [2.75, 3.05) is 0 Å². The predicted octanol–water partition coefficient (Wildman–Crippen LogP) is 4.06. The number of hydrogen-bond donors (Lipinski definition) is 0. The Bertz CT molecular complexity index is 630. The quantitative estimate of drug-likeness (QED) is 0.730. The average molecular weight is 246 g/mol. The molecule has 0 unspecified atom stereocenters. The number of rotatable bonds is 2. The second kappa shape index (κ2) is 4.69. The van der Waals surface area contributed by atoms with Crippen LogP contribution in [0.3, 0.4) is 0 Å². The maximum Gasteiger partial charge on any atom is 0.166 e. The van der Waals surface area contributed by atoms with Crippen molar-refractivity contribution >= 4 is 17.9 Å². The lowest BCUT2D eigenvalue weighted by Gasteiger charge is -2.17. The maximum atomic E-state index is 12.3. The monoisotopic (exact) mass is 246 g/mol. The minimum absolute atomic E-state index is 0.0450. The van der Waals surface area contributed by atoms with E-state index in [0.717, 1.165) is 22.3 Å². The Morgan fingerprint density at radius 2 is 1.37 bits per heavy atom. The van der Waals surface area contributed by atoms with Crippen molar-refractivity contribution in [1.29, 1.82) is 0 Å². The highest BCUT2D eigenvalue weighted by Gasteiger charge is 2.25. The minimum atomic E-state index is -0.250. The Hall–Kier alpha value is -2.41. The van der Waals surface area contributed by atoms with Crippen molar-refractivity contribution in [2.24, 2.45) is 0 Å². The van der Waals surface area contributed by atoms with E-state index in [9.17, 15) is 4.79 Å². The number of benzene rings is 2. The summed E-state index contributed by atoms with van der Waals surface area (Å²) in [5.41, 5.74) is 4.29. The maximum absolute atomic E-state index is 12.3. The van der Waals surface area contributed by atoms with Crippen molar-refractivity contribution in [3.8, 4) is 0 Å². The second-order valence-corrected chi connectivity index (χ2v) is 4.63. The van der Waals surface area contributed by atoms with E-state index in [4.69, 9.17) is 0 Å². The summed E-state index contributed by atoms with van der Waals surface area (Å²) in [5, 5.41) is 0. The fourth-order valence-electron chi connectivity index (χ4n) is 2.62. The van der Waals surface area contributed by atoms with Gasteiger partial charge in [0.25, 0.3) is 0 Å². The lowest BCUT2D eigenvalue weighted by molar-refractivity contribution is -0.115. The fourth-order valence-corrected chi connectivity index (χ4v) is 2.62. The molecule has 3 rings (SSSR count). The van der Waals surface area contributed by atoms with E-state index in [1.165, 1.54) is 6.08 Å². The number of allylic oxidation sites excluding steroid dienone is 1. The number of carbonyl (C=O) groups excluding carboxylic acids is 1. The van der Waals surface area contributed by atoms with Gasteiger partial charge in [-0.15, -0.1) is 0 Å². The van der Waals surface area contributed by atoms with Crippen LogP contribution in [0.15, 0.2) is 61.2 Å². The van der Waals surface area contributed by atoms with Crippen molar-refractivity contribution < 1.29 is 4.79 Å². The Morgan fingerprint density at radius 3 is 1.84 bits per heavy atom. The molecule has 1 heteroatoms. The number of fused-ring (bicyclic) bond motifs is 2. The van der Waals surface area contributed by atoms with Gasteiger partial charge >= 0.3 is 0 Å². The third-order valence-electron chi connectivity index (χ3n) is 3.54. The third kappa shape index (κ3) is 1.93. The topological polar surface area (TPSA) is 17.1 Å². The molecular weight excluding hydrogens is 232 g/mol. The summed E-state index contributed by atoms with van der Waals surface area (Å²) < 4.78 is 0. The van der Waals surface area contributed by atoms with Crippen LogP contribution in [0.2, 0.25) is 0 Å². The largest absolute Gasteiger partial charge is 0.294 e. The highest BCUT2D eigenvalue weighted by molar-refractivity contribution is 6.00. The first kappa shape index (κ1) is 11.7. The standard InChI is InChI=1S/C18H14O/c1-2-17(19)18-15-9-5-3-7-13(15)11-12-14-8-4-6-10-16(14)18/h2-12,18H,1H2. The Morgan fingerprint density at radius 1 is 0.895 bits per heavy atom. The van der Waals surface area contributed by atoms with Crippen LogP contribution in [-0.4, -0.2) is 5.78 Å². The summed E-state index contributed by atoms with van der Waals surface area (Å²) in [4.78, 5) is 12.3. The summed E-state index contributed by atoms with van der Waals surface area (Å²) >= 11 is 0. The molecule has 0 heterocycles. The smallest absolute Gasteiger partial charge is 0.166 e. The molecule has 0 saturated carbocycles. The summed E-state index contributed by atoms with van der Waals surface area (Å²) in [5.74, 6) is -0.205. The van der Waals surface area contributed by atoms with Gasteiger partial charge in [-0.2, -0.15) is 0 Å². The summed E-state index contributed by atoms with van der Waals surface area (Å²) in [6.07, 6.45) is 5.57. The molecule has 0 atom stereocenters. The lowest BCUT2D eigenvalue weighted by Crippen LogP contribution is -2.13. The van der Waals surface area contributed by atoms with Gasteiger partial charge in [-0.25, -0.2) is 0 Å². The molecular formula is C18H14O. The van der Waals surface area contributed by atoms with Crippen LogP contribution in [0.4, 0.5) is 0 Å². The van der Waals surface area contributed by atoms with E-state index in [2.05, 4.69) is 18.7 Å². The molecule has 0 saturated heterocycles. The highest BCUT2D eigenvalue weighted by atomic mass is 16.1. The normalized spacial score (nSPS) is 13.3. The first-order valence-electron chi connectivity index (χ1n) is 6.33. The van der Waals surface area contributed by atoms with Gasteiger partial charge in [0.1, 0.15) is 0 Å². The van der Waals surface area contributed by atoms with Crippen molar-refractivity contribution in [1.82, 2.24) is 0 Å². The van der Waals surface area contributed by atoms with E-state index in [-0.39, 0.29) is 11.7 Å². The Kier molecular flexibility index (Phi) is 2.88. The van der Waals surface area contributed by atoms with Crippen LogP contribution in [0.25, 0.3) is 12.2 Å². The van der Waals surface area contributed by atoms with Crippen LogP contribution in [0.1, 0.15) is 28.2 Å². The first-order chi connectivity index (χ1) is 9.31. The van der Waals surface area contributed by atoms with E-state index in [0.29, 0.717) is 0 Å². The number of ketones is 1. The zero-order valence-corrected chi connectivity index (χ0v) is 10.5. The predicted molar refractivity (Wildman–Crippen MR) is 78.9 cm³/mol.